The Morgan fingerprint density at radius 2 is 1.02 bits per heavy atom. The molecule has 2 unspecified atom stereocenters. The van der Waals surface area contributed by atoms with Crippen molar-refractivity contribution >= 4 is 28.4 Å². The van der Waals surface area contributed by atoms with Gasteiger partial charge in [0.25, 0.3) is 0 Å². The summed E-state index contributed by atoms with van der Waals surface area (Å²) < 4.78 is 6.87. The molecule has 1 aliphatic heterocycles. The predicted molar refractivity (Wildman–Crippen MR) is 226 cm³/mol. The lowest BCUT2D eigenvalue weighted by Gasteiger charge is -2.30. The van der Waals surface area contributed by atoms with Gasteiger partial charge in [-0.2, -0.15) is 0 Å². The zero-order valence-electron chi connectivity index (χ0n) is 30.3. The van der Waals surface area contributed by atoms with Crippen molar-refractivity contribution in [2.75, 3.05) is 4.90 Å². The predicted octanol–water partition coefficient (Wildman–Crippen LogP) is 12.6. The van der Waals surface area contributed by atoms with E-state index >= 15 is 0 Å². The first kappa shape index (κ1) is 32.1. The van der Waals surface area contributed by atoms with Gasteiger partial charge >= 0.3 is 0 Å². The van der Waals surface area contributed by atoms with Gasteiger partial charge in [-0.15, -0.1) is 0 Å². The minimum absolute atomic E-state index is 0.0695. The van der Waals surface area contributed by atoms with E-state index in [-0.39, 0.29) is 12.0 Å². The molecule has 2 aliphatic rings. The number of aromatic nitrogens is 3. The lowest BCUT2D eigenvalue weighted by molar-refractivity contribution is 0.584. The molecule has 0 saturated heterocycles. The van der Waals surface area contributed by atoms with Crippen LogP contribution < -0.4 is 4.90 Å². The summed E-state index contributed by atoms with van der Waals surface area (Å²) in [6.45, 7) is 0. The second-order valence-corrected chi connectivity index (χ2v) is 14.4. The van der Waals surface area contributed by atoms with Gasteiger partial charge in [-0.05, 0) is 58.2 Å². The van der Waals surface area contributed by atoms with E-state index in [1.807, 2.05) is 36.4 Å². The van der Waals surface area contributed by atoms with E-state index in [2.05, 4.69) is 163 Å². The maximum absolute atomic E-state index is 6.87. The van der Waals surface area contributed by atoms with Crippen LogP contribution in [0.4, 0.5) is 11.4 Å². The second-order valence-electron chi connectivity index (χ2n) is 14.4. The molecule has 2 aromatic heterocycles. The molecule has 2 atom stereocenters. The van der Waals surface area contributed by atoms with Crippen molar-refractivity contribution < 1.29 is 4.42 Å². The van der Waals surface area contributed by atoms with Gasteiger partial charge in [0.1, 0.15) is 11.3 Å². The minimum Gasteiger partial charge on any atom is -0.456 e. The van der Waals surface area contributed by atoms with E-state index in [4.69, 9.17) is 19.4 Å². The summed E-state index contributed by atoms with van der Waals surface area (Å²) in [5.74, 6) is 2.74. The van der Waals surface area contributed by atoms with Gasteiger partial charge in [-0.3, -0.25) is 0 Å². The molecule has 0 amide bonds. The van der Waals surface area contributed by atoms with Gasteiger partial charge in [0.05, 0.1) is 11.6 Å². The summed E-state index contributed by atoms with van der Waals surface area (Å²) in [5, 5.41) is 1.07. The average Bonchev–Trinajstić information content (AvgIpc) is 3.83. The fourth-order valence-corrected chi connectivity index (χ4v) is 8.51. The van der Waals surface area contributed by atoms with E-state index in [1.54, 1.807) is 0 Å². The summed E-state index contributed by atoms with van der Waals surface area (Å²) in [5.41, 5.74) is 13.0. The van der Waals surface area contributed by atoms with Crippen LogP contribution in [-0.4, -0.2) is 21.0 Å². The third-order valence-electron chi connectivity index (χ3n) is 11.1. The normalized spacial score (nSPS) is 15.4. The lowest BCUT2D eigenvalue weighted by Crippen LogP contribution is -2.30. The summed E-state index contributed by atoms with van der Waals surface area (Å²) in [7, 11) is 0. The Kier molecular flexibility index (Phi) is 7.56. The van der Waals surface area contributed by atoms with Crippen LogP contribution in [0.25, 0.3) is 73.5 Å². The van der Waals surface area contributed by atoms with Gasteiger partial charge in [-0.1, -0.05) is 164 Å². The first-order valence-corrected chi connectivity index (χ1v) is 19.0. The van der Waals surface area contributed by atoms with E-state index < -0.39 is 0 Å². The molecule has 0 N–H and O–H groups in total. The van der Waals surface area contributed by atoms with Crippen molar-refractivity contribution in [3.63, 3.8) is 0 Å². The van der Waals surface area contributed by atoms with Gasteiger partial charge in [0.2, 0.25) is 0 Å². The monoisotopic (exact) mass is 718 g/mol. The Morgan fingerprint density at radius 1 is 0.464 bits per heavy atom. The Labute approximate surface area is 324 Å². The van der Waals surface area contributed by atoms with Gasteiger partial charge < -0.3 is 9.32 Å². The van der Waals surface area contributed by atoms with E-state index in [9.17, 15) is 0 Å². The lowest BCUT2D eigenvalue weighted by atomic mass is 9.82. The Bertz CT molecular complexity index is 2920. The van der Waals surface area contributed by atoms with Crippen molar-refractivity contribution in [1.29, 1.82) is 0 Å². The van der Waals surface area contributed by atoms with Crippen LogP contribution in [0.1, 0.15) is 22.8 Å². The van der Waals surface area contributed by atoms with E-state index in [0.717, 1.165) is 44.7 Å². The minimum atomic E-state index is 0.0695. The van der Waals surface area contributed by atoms with Crippen molar-refractivity contribution in [3.8, 4) is 56.4 Å². The molecule has 0 saturated carbocycles. The Hall–Kier alpha value is -7.37. The van der Waals surface area contributed by atoms with Gasteiger partial charge in [0.15, 0.2) is 17.5 Å². The highest BCUT2D eigenvalue weighted by Gasteiger charge is 2.43. The SMILES string of the molecule is C1=CC2C(c3ccccc3N2c2cccc(-c3ccccc3)c2)c2c1oc1c(-c3nc(-c4ccccc4)nc(-c4ccc(-c5ccccc5)cc4)n3)cccc21. The number of hydrogen-bond donors (Lipinski definition) is 0. The van der Waals surface area contributed by atoms with Crippen molar-refractivity contribution in [3.05, 3.63) is 205 Å². The highest BCUT2D eigenvalue weighted by atomic mass is 16.3. The Balaban J connectivity index is 1.03. The third-order valence-corrected chi connectivity index (χ3v) is 11.1. The largest absolute Gasteiger partial charge is 0.456 e. The molecule has 7 aromatic carbocycles. The maximum Gasteiger partial charge on any atom is 0.167 e. The quantitative estimate of drug-likeness (QED) is 0.171. The third kappa shape index (κ3) is 5.36. The molecule has 3 heterocycles. The molecule has 0 fully saturated rings. The van der Waals surface area contributed by atoms with E-state index in [1.165, 1.54) is 33.5 Å². The standard InChI is InChI=1S/C51H34N4O/c1-4-14-33(15-5-1)35-26-28-37(29-27-35)50-52-49(36-18-8-3-9-19-36)53-51(54-50)42-24-13-23-41-47-45(56-48(41)42)31-30-44-46(47)40-22-10-11-25-43(40)55(44)39-21-12-20-38(32-39)34-16-6-2-7-17-34/h1-32,44,46H. The van der Waals surface area contributed by atoms with Crippen molar-refractivity contribution in [1.82, 2.24) is 15.0 Å². The molecule has 56 heavy (non-hydrogen) atoms. The van der Waals surface area contributed by atoms with Crippen LogP contribution in [0, 0.1) is 0 Å². The molecule has 0 bridgehead atoms. The molecular formula is C51H34N4O. The summed E-state index contributed by atoms with van der Waals surface area (Å²) in [4.78, 5) is 17.7. The summed E-state index contributed by atoms with van der Waals surface area (Å²) >= 11 is 0. The second kappa shape index (κ2) is 13.2. The number of fused-ring (bicyclic) bond motifs is 7. The first-order valence-electron chi connectivity index (χ1n) is 19.0. The molecule has 5 heteroatoms. The zero-order valence-corrected chi connectivity index (χ0v) is 30.3. The number of rotatable bonds is 6. The van der Waals surface area contributed by atoms with Crippen LogP contribution in [0.3, 0.4) is 0 Å². The van der Waals surface area contributed by atoms with Crippen molar-refractivity contribution in [2.24, 2.45) is 0 Å². The molecule has 0 spiro atoms. The van der Waals surface area contributed by atoms with E-state index in [0.29, 0.717) is 17.5 Å². The fourth-order valence-electron chi connectivity index (χ4n) is 8.51. The van der Waals surface area contributed by atoms with Crippen LogP contribution in [0.15, 0.2) is 192 Å². The molecule has 264 valence electrons. The topological polar surface area (TPSA) is 55.1 Å². The molecule has 11 rings (SSSR count). The van der Waals surface area contributed by atoms with Crippen molar-refractivity contribution in [2.45, 2.75) is 12.0 Å². The number of hydrogen-bond acceptors (Lipinski definition) is 5. The number of para-hydroxylation sites is 2. The smallest absolute Gasteiger partial charge is 0.167 e. The maximum atomic E-state index is 6.87. The van der Waals surface area contributed by atoms with Crippen LogP contribution >= 0.6 is 0 Å². The number of anilines is 2. The fraction of sp³-hybridized carbons (Fsp3) is 0.0392. The molecule has 5 nitrogen and oxygen atoms in total. The highest BCUT2D eigenvalue weighted by molar-refractivity contribution is 5.97. The average molecular weight is 719 g/mol. The molecule has 0 radical (unpaired) electrons. The number of benzene rings is 7. The molecular weight excluding hydrogens is 685 g/mol. The zero-order chi connectivity index (χ0) is 37.0. The molecule has 9 aromatic rings. The summed E-state index contributed by atoms with van der Waals surface area (Å²) in [6.07, 6.45) is 4.46. The first-order chi connectivity index (χ1) is 27.8. The van der Waals surface area contributed by atoms with Crippen LogP contribution in [-0.2, 0) is 0 Å². The van der Waals surface area contributed by atoms with Crippen LogP contribution in [0.2, 0.25) is 0 Å². The number of nitrogens with zero attached hydrogens (tertiary/aromatic N) is 4. The molecule has 1 aliphatic carbocycles. The summed E-state index contributed by atoms with van der Waals surface area (Å²) in [6, 6.07) is 63.6. The highest BCUT2D eigenvalue weighted by Crippen LogP contribution is 2.54. The van der Waals surface area contributed by atoms with Gasteiger partial charge in [-0.25, -0.2) is 15.0 Å². The number of furan rings is 1. The Morgan fingerprint density at radius 3 is 1.75 bits per heavy atom. The van der Waals surface area contributed by atoms with Crippen LogP contribution in [0.5, 0.6) is 0 Å². The van der Waals surface area contributed by atoms with Gasteiger partial charge in [0, 0.05) is 39.4 Å².